The molecule has 1 aromatic carbocycles. The Morgan fingerprint density at radius 3 is 2.72 bits per heavy atom. The van der Waals surface area contributed by atoms with Gasteiger partial charge in [0.05, 0.1) is 10.4 Å². The van der Waals surface area contributed by atoms with E-state index in [4.69, 9.17) is 11.6 Å². The lowest BCUT2D eigenvalue weighted by atomic mass is 10.1. The molecule has 0 aliphatic rings. The SMILES string of the molecule is CCCn1c(CBr)nnc1-c1ccc(C)cc1Cl. The van der Waals surface area contributed by atoms with Crippen molar-refractivity contribution in [3.05, 3.63) is 34.6 Å². The van der Waals surface area contributed by atoms with Gasteiger partial charge in [-0.15, -0.1) is 10.2 Å². The molecule has 0 aliphatic heterocycles. The molecule has 0 aliphatic carbocycles. The standard InChI is InChI=1S/C13H15BrClN3/c1-3-6-18-12(8-14)16-17-13(18)10-5-4-9(2)7-11(10)15/h4-5,7H,3,6,8H2,1-2H3. The highest BCUT2D eigenvalue weighted by Gasteiger charge is 2.14. The summed E-state index contributed by atoms with van der Waals surface area (Å²) >= 11 is 9.73. The van der Waals surface area contributed by atoms with Gasteiger partial charge in [0.2, 0.25) is 0 Å². The summed E-state index contributed by atoms with van der Waals surface area (Å²) in [6, 6.07) is 6.00. The van der Waals surface area contributed by atoms with Crippen molar-refractivity contribution in [2.24, 2.45) is 0 Å². The van der Waals surface area contributed by atoms with E-state index in [1.165, 1.54) is 0 Å². The van der Waals surface area contributed by atoms with Crippen molar-refractivity contribution >= 4 is 27.5 Å². The van der Waals surface area contributed by atoms with Crippen molar-refractivity contribution in [1.29, 1.82) is 0 Å². The van der Waals surface area contributed by atoms with Gasteiger partial charge in [-0.05, 0) is 31.0 Å². The maximum Gasteiger partial charge on any atom is 0.165 e. The lowest BCUT2D eigenvalue weighted by Crippen LogP contribution is -2.04. The van der Waals surface area contributed by atoms with Crippen LogP contribution in [0.5, 0.6) is 0 Å². The minimum Gasteiger partial charge on any atom is -0.310 e. The van der Waals surface area contributed by atoms with E-state index in [9.17, 15) is 0 Å². The molecular weight excluding hydrogens is 314 g/mol. The smallest absolute Gasteiger partial charge is 0.165 e. The normalized spacial score (nSPS) is 10.9. The molecule has 2 aromatic rings. The van der Waals surface area contributed by atoms with E-state index >= 15 is 0 Å². The fourth-order valence-electron chi connectivity index (χ4n) is 1.89. The van der Waals surface area contributed by atoms with E-state index in [1.54, 1.807) is 0 Å². The van der Waals surface area contributed by atoms with Crippen LogP contribution in [0.1, 0.15) is 24.7 Å². The predicted octanol–water partition coefficient (Wildman–Crippen LogP) is 4.21. The maximum atomic E-state index is 6.30. The molecule has 0 fully saturated rings. The largest absolute Gasteiger partial charge is 0.310 e. The number of nitrogens with zero attached hydrogens (tertiary/aromatic N) is 3. The van der Waals surface area contributed by atoms with Crippen molar-refractivity contribution in [2.75, 3.05) is 0 Å². The quantitative estimate of drug-likeness (QED) is 0.787. The van der Waals surface area contributed by atoms with Crippen molar-refractivity contribution in [2.45, 2.75) is 32.1 Å². The van der Waals surface area contributed by atoms with Gasteiger partial charge in [0, 0.05) is 12.1 Å². The summed E-state index contributed by atoms with van der Waals surface area (Å²) in [6.45, 7) is 5.06. The Morgan fingerprint density at radius 1 is 1.33 bits per heavy atom. The second-order valence-electron chi connectivity index (χ2n) is 4.21. The molecule has 5 heteroatoms. The Balaban J connectivity index is 2.52. The molecule has 18 heavy (non-hydrogen) atoms. The second-order valence-corrected chi connectivity index (χ2v) is 5.18. The van der Waals surface area contributed by atoms with Crippen LogP contribution in [0.2, 0.25) is 5.02 Å². The Hall–Kier alpha value is -0.870. The number of hydrogen-bond acceptors (Lipinski definition) is 2. The number of aromatic nitrogens is 3. The van der Waals surface area contributed by atoms with Crippen LogP contribution in [0.3, 0.4) is 0 Å². The Morgan fingerprint density at radius 2 is 2.11 bits per heavy atom. The Bertz CT molecular complexity index is 551. The fourth-order valence-corrected chi connectivity index (χ4v) is 2.63. The monoisotopic (exact) mass is 327 g/mol. The van der Waals surface area contributed by atoms with Crippen LogP contribution < -0.4 is 0 Å². The molecular formula is C13H15BrClN3. The van der Waals surface area contributed by atoms with E-state index < -0.39 is 0 Å². The van der Waals surface area contributed by atoms with Crippen LogP contribution in [0, 0.1) is 6.92 Å². The van der Waals surface area contributed by atoms with Crippen molar-refractivity contribution in [3.8, 4) is 11.4 Å². The number of benzene rings is 1. The summed E-state index contributed by atoms with van der Waals surface area (Å²) in [5.74, 6) is 1.78. The molecule has 0 saturated carbocycles. The maximum absolute atomic E-state index is 6.30. The summed E-state index contributed by atoms with van der Waals surface area (Å²) in [4.78, 5) is 0. The molecule has 2 rings (SSSR count). The van der Waals surface area contributed by atoms with E-state index in [0.717, 1.165) is 40.8 Å². The molecule has 96 valence electrons. The summed E-state index contributed by atoms with van der Waals surface area (Å²) < 4.78 is 2.12. The molecule has 0 N–H and O–H groups in total. The molecule has 1 heterocycles. The van der Waals surface area contributed by atoms with Crippen molar-refractivity contribution < 1.29 is 0 Å². The highest BCUT2D eigenvalue weighted by atomic mass is 79.9. The molecule has 0 unspecified atom stereocenters. The number of aryl methyl sites for hydroxylation is 1. The topological polar surface area (TPSA) is 30.7 Å². The van der Waals surface area contributed by atoms with Gasteiger partial charge in [0.25, 0.3) is 0 Å². The predicted molar refractivity (Wildman–Crippen MR) is 78.1 cm³/mol. The first-order chi connectivity index (χ1) is 8.67. The first kappa shape index (κ1) is 13.6. The van der Waals surface area contributed by atoms with E-state index in [0.29, 0.717) is 5.33 Å². The number of rotatable bonds is 4. The first-order valence-corrected chi connectivity index (χ1v) is 7.42. The van der Waals surface area contributed by atoms with Gasteiger partial charge in [-0.25, -0.2) is 0 Å². The molecule has 3 nitrogen and oxygen atoms in total. The molecule has 0 bridgehead atoms. The molecule has 0 amide bonds. The van der Waals surface area contributed by atoms with Crippen LogP contribution in [0.15, 0.2) is 18.2 Å². The second kappa shape index (κ2) is 5.85. The molecule has 0 spiro atoms. The number of alkyl halides is 1. The Kier molecular flexibility index (Phi) is 4.40. The highest BCUT2D eigenvalue weighted by molar-refractivity contribution is 9.08. The van der Waals surface area contributed by atoms with Gasteiger partial charge in [-0.3, -0.25) is 0 Å². The highest BCUT2D eigenvalue weighted by Crippen LogP contribution is 2.28. The fraction of sp³-hybridized carbons (Fsp3) is 0.385. The summed E-state index contributed by atoms with van der Waals surface area (Å²) in [7, 11) is 0. The Labute approximate surface area is 120 Å². The van der Waals surface area contributed by atoms with Gasteiger partial charge in [-0.1, -0.05) is 40.5 Å². The van der Waals surface area contributed by atoms with Crippen LogP contribution >= 0.6 is 27.5 Å². The van der Waals surface area contributed by atoms with Crippen LogP contribution in [0.25, 0.3) is 11.4 Å². The van der Waals surface area contributed by atoms with Gasteiger partial charge in [0.1, 0.15) is 5.82 Å². The summed E-state index contributed by atoms with van der Waals surface area (Å²) in [5.41, 5.74) is 2.08. The average molecular weight is 329 g/mol. The summed E-state index contributed by atoms with van der Waals surface area (Å²) in [6.07, 6.45) is 1.04. The third-order valence-electron chi connectivity index (χ3n) is 2.76. The molecule has 1 aromatic heterocycles. The van der Waals surface area contributed by atoms with Crippen LogP contribution in [-0.4, -0.2) is 14.8 Å². The third kappa shape index (κ3) is 2.59. The molecule has 0 atom stereocenters. The zero-order valence-electron chi connectivity index (χ0n) is 10.5. The van der Waals surface area contributed by atoms with E-state index in [-0.39, 0.29) is 0 Å². The minimum atomic E-state index is 0.698. The zero-order valence-corrected chi connectivity index (χ0v) is 12.8. The van der Waals surface area contributed by atoms with Gasteiger partial charge in [0.15, 0.2) is 5.82 Å². The van der Waals surface area contributed by atoms with E-state index in [2.05, 4.69) is 37.6 Å². The van der Waals surface area contributed by atoms with Gasteiger partial charge < -0.3 is 4.57 Å². The number of hydrogen-bond donors (Lipinski definition) is 0. The van der Waals surface area contributed by atoms with E-state index in [1.807, 2.05) is 25.1 Å². The lowest BCUT2D eigenvalue weighted by molar-refractivity contribution is 0.661. The van der Waals surface area contributed by atoms with Crippen molar-refractivity contribution in [3.63, 3.8) is 0 Å². The van der Waals surface area contributed by atoms with Gasteiger partial charge >= 0.3 is 0 Å². The lowest BCUT2D eigenvalue weighted by Gasteiger charge is -2.09. The van der Waals surface area contributed by atoms with Crippen LogP contribution in [0.4, 0.5) is 0 Å². The third-order valence-corrected chi connectivity index (χ3v) is 3.57. The summed E-state index contributed by atoms with van der Waals surface area (Å²) in [5, 5.41) is 9.89. The minimum absolute atomic E-state index is 0.698. The first-order valence-electron chi connectivity index (χ1n) is 5.92. The van der Waals surface area contributed by atoms with Gasteiger partial charge in [-0.2, -0.15) is 0 Å². The van der Waals surface area contributed by atoms with Crippen LogP contribution in [-0.2, 0) is 11.9 Å². The average Bonchev–Trinajstić information content (AvgIpc) is 2.73. The zero-order chi connectivity index (χ0) is 13.1. The number of halogens is 2. The molecule has 0 radical (unpaired) electrons. The molecule has 0 saturated heterocycles. The van der Waals surface area contributed by atoms with Crippen molar-refractivity contribution in [1.82, 2.24) is 14.8 Å².